The lowest BCUT2D eigenvalue weighted by Crippen LogP contribution is -2.31. The average Bonchev–Trinajstić information content (AvgIpc) is 3.07. The highest BCUT2D eigenvalue weighted by molar-refractivity contribution is 5.86. The molecule has 2 heterocycles. The molecule has 8 heteroatoms. The van der Waals surface area contributed by atoms with Gasteiger partial charge in [0.1, 0.15) is 12.2 Å². The van der Waals surface area contributed by atoms with Crippen molar-refractivity contribution in [2.75, 3.05) is 7.05 Å². The van der Waals surface area contributed by atoms with Crippen molar-refractivity contribution in [2.45, 2.75) is 26.6 Å². The molecule has 8 nitrogen and oxygen atoms in total. The third kappa shape index (κ3) is 3.47. The van der Waals surface area contributed by atoms with Gasteiger partial charge in [-0.15, -0.1) is 0 Å². The third-order valence-electron chi connectivity index (χ3n) is 3.07. The van der Waals surface area contributed by atoms with E-state index in [1.165, 1.54) is 21.8 Å². The van der Waals surface area contributed by atoms with E-state index in [4.69, 9.17) is 5.11 Å². The zero-order valence-corrected chi connectivity index (χ0v) is 11.9. The number of aromatic carboxylic acids is 1. The number of aryl methyl sites for hydroxylation is 1. The maximum atomic E-state index is 12.1. The predicted octanol–water partition coefficient (Wildman–Crippen LogP) is 0.456. The first-order valence-corrected chi connectivity index (χ1v) is 6.52. The zero-order chi connectivity index (χ0) is 15.4. The minimum Gasteiger partial charge on any atom is -0.477 e. The van der Waals surface area contributed by atoms with Crippen molar-refractivity contribution in [3.63, 3.8) is 0 Å². The van der Waals surface area contributed by atoms with Gasteiger partial charge >= 0.3 is 5.97 Å². The van der Waals surface area contributed by atoms with Gasteiger partial charge in [0.2, 0.25) is 5.91 Å². The SMILES string of the molecule is CCn1ccc(CN(C)C(=O)Cn2nccc2C(=O)O)n1. The predicted molar refractivity (Wildman–Crippen MR) is 73.6 cm³/mol. The number of nitrogens with zero attached hydrogens (tertiary/aromatic N) is 5. The molecule has 1 amide bonds. The molecule has 0 aliphatic carbocycles. The molecule has 0 aliphatic heterocycles. The summed E-state index contributed by atoms with van der Waals surface area (Å²) >= 11 is 0. The standard InChI is InChI=1S/C13H17N5O3/c1-3-17-7-5-10(15-17)8-16(2)12(19)9-18-11(13(20)21)4-6-14-18/h4-7H,3,8-9H2,1-2H3,(H,20,21). The number of carbonyl (C=O) groups excluding carboxylic acids is 1. The lowest BCUT2D eigenvalue weighted by Gasteiger charge is -2.16. The molecule has 1 N–H and O–H groups in total. The third-order valence-corrected chi connectivity index (χ3v) is 3.07. The molecule has 0 aromatic carbocycles. The van der Waals surface area contributed by atoms with Crippen LogP contribution >= 0.6 is 0 Å². The van der Waals surface area contributed by atoms with E-state index in [-0.39, 0.29) is 18.1 Å². The Morgan fingerprint density at radius 2 is 2.14 bits per heavy atom. The topological polar surface area (TPSA) is 93.2 Å². The summed E-state index contributed by atoms with van der Waals surface area (Å²) in [6.45, 7) is 3.01. The Hall–Kier alpha value is -2.64. The molecule has 0 saturated heterocycles. The summed E-state index contributed by atoms with van der Waals surface area (Å²) in [7, 11) is 1.65. The van der Waals surface area contributed by atoms with Crippen molar-refractivity contribution in [3.05, 3.63) is 35.9 Å². The highest BCUT2D eigenvalue weighted by atomic mass is 16.4. The second kappa shape index (κ2) is 6.21. The molecule has 0 unspecified atom stereocenters. The molecule has 2 aromatic heterocycles. The number of hydrogen-bond acceptors (Lipinski definition) is 4. The van der Waals surface area contributed by atoms with Crippen molar-refractivity contribution in [2.24, 2.45) is 0 Å². The van der Waals surface area contributed by atoms with E-state index < -0.39 is 5.97 Å². The molecule has 0 fully saturated rings. The summed E-state index contributed by atoms with van der Waals surface area (Å²) in [6, 6.07) is 3.21. The van der Waals surface area contributed by atoms with Crippen molar-refractivity contribution in [1.82, 2.24) is 24.5 Å². The van der Waals surface area contributed by atoms with Crippen LogP contribution in [0.2, 0.25) is 0 Å². The van der Waals surface area contributed by atoms with E-state index in [1.807, 2.05) is 19.2 Å². The summed E-state index contributed by atoms with van der Waals surface area (Å²) in [6.07, 6.45) is 3.21. The maximum Gasteiger partial charge on any atom is 0.354 e. The Bertz CT molecular complexity index is 646. The number of carbonyl (C=O) groups is 2. The minimum atomic E-state index is -1.11. The van der Waals surface area contributed by atoms with E-state index in [2.05, 4.69) is 10.2 Å². The van der Waals surface area contributed by atoms with E-state index in [1.54, 1.807) is 11.7 Å². The van der Waals surface area contributed by atoms with Crippen molar-refractivity contribution in [1.29, 1.82) is 0 Å². The molecular weight excluding hydrogens is 274 g/mol. The zero-order valence-electron chi connectivity index (χ0n) is 11.9. The van der Waals surface area contributed by atoms with Crippen LogP contribution in [0.25, 0.3) is 0 Å². The molecule has 0 saturated carbocycles. The van der Waals surface area contributed by atoms with Gasteiger partial charge < -0.3 is 10.0 Å². The molecule has 0 atom stereocenters. The molecule has 0 bridgehead atoms. The summed E-state index contributed by atoms with van der Waals surface area (Å²) < 4.78 is 2.95. The normalized spacial score (nSPS) is 10.6. The fourth-order valence-corrected chi connectivity index (χ4v) is 1.88. The van der Waals surface area contributed by atoms with Crippen molar-refractivity contribution < 1.29 is 14.7 Å². The number of hydrogen-bond donors (Lipinski definition) is 1. The van der Waals surface area contributed by atoms with Crippen LogP contribution in [0.5, 0.6) is 0 Å². The number of likely N-dealkylation sites (N-methyl/N-ethyl adjacent to an activating group) is 1. The monoisotopic (exact) mass is 291 g/mol. The van der Waals surface area contributed by atoms with E-state index in [0.29, 0.717) is 6.54 Å². The van der Waals surface area contributed by atoms with Gasteiger partial charge in [-0.2, -0.15) is 10.2 Å². The van der Waals surface area contributed by atoms with Crippen LogP contribution in [0.3, 0.4) is 0 Å². The summed E-state index contributed by atoms with van der Waals surface area (Å²) in [5.41, 5.74) is 0.777. The summed E-state index contributed by atoms with van der Waals surface area (Å²) in [4.78, 5) is 24.6. The molecule has 112 valence electrons. The van der Waals surface area contributed by atoms with Crippen LogP contribution < -0.4 is 0 Å². The first-order valence-electron chi connectivity index (χ1n) is 6.52. The number of amides is 1. The van der Waals surface area contributed by atoms with Crippen LogP contribution in [0, 0.1) is 0 Å². The Kier molecular flexibility index (Phi) is 4.36. The van der Waals surface area contributed by atoms with Gasteiger partial charge in [-0.1, -0.05) is 0 Å². The van der Waals surface area contributed by atoms with Crippen molar-refractivity contribution in [3.8, 4) is 0 Å². The largest absolute Gasteiger partial charge is 0.477 e. The molecule has 0 spiro atoms. The lowest BCUT2D eigenvalue weighted by molar-refractivity contribution is -0.131. The first-order chi connectivity index (χ1) is 10.0. The summed E-state index contributed by atoms with van der Waals surface area (Å²) in [5, 5.41) is 17.1. The molecule has 0 radical (unpaired) electrons. The van der Waals surface area contributed by atoms with Gasteiger partial charge in [0.25, 0.3) is 0 Å². The Morgan fingerprint density at radius 3 is 2.76 bits per heavy atom. The van der Waals surface area contributed by atoms with Crippen LogP contribution in [0.4, 0.5) is 0 Å². The number of rotatable bonds is 6. The van der Waals surface area contributed by atoms with Crippen molar-refractivity contribution >= 4 is 11.9 Å². The Balaban J connectivity index is 1.99. The van der Waals surface area contributed by atoms with Gasteiger partial charge in [0.15, 0.2) is 0 Å². The Labute approximate surface area is 121 Å². The maximum absolute atomic E-state index is 12.1. The Morgan fingerprint density at radius 1 is 1.38 bits per heavy atom. The van der Waals surface area contributed by atoms with Gasteiger partial charge in [-0.25, -0.2) is 9.48 Å². The van der Waals surface area contributed by atoms with E-state index >= 15 is 0 Å². The second-order valence-electron chi connectivity index (χ2n) is 4.59. The fourth-order valence-electron chi connectivity index (χ4n) is 1.88. The van der Waals surface area contributed by atoms with Gasteiger partial charge in [-0.05, 0) is 19.1 Å². The second-order valence-corrected chi connectivity index (χ2v) is 4.59. The van der Waals surface area contributed by atoms with Crippen LogP contribution in [-0.4, -0.2) is 48.5 Å². The molecule has 21 heavy (non-hydrogen) atoms. The number of carboxylic acids is 1. The van der Waals surface area contributed by atoms with Crippen LogP contribution in [0.1, 0.15) is 23.1 Å². The highest BCUT2D eigenvalue weighted by Gasteiger charge is 2.16. The van der Waals surface area contributed by atoms with Gasteiger partial charge in [-0.3, -0.25) is 9.48 Å². The van der Waals surface area contributed by atoms with E-state index in [9.17, 15) is 9.59 Å². The smallest absolute Gasteiger partial charge is 0.354 e. The minimum absolute atomic E-state index is 0.00740. The van der Waals surface area contributed by atoms with Gasteiger partial charge in [0, 0.05) is 26.0 Å². The number of aromatic nitrogens is 4. The first kappa shape index (κ1) is 14.8. The van der Waals surface area contributed by atoms with Crippen LogP contribution in [0.15, 0.2) is 24.5 Å². The quantitative estimate of drug-likeness (QED) is 0.834. The number of carboxylic acid groups (broad SMARTS) is 1. The van der Waals surface area contributed by atoms with Gasteiger partial charge in [0.05, 0.1) is 12.2 Å². The molecule has 2 rings (SSSR count). The summed E-state index contributed by atoms with van der Waals surface area (Å²) in [5.74, 6) is -1.34. The van der Waals surface area contributed by atoms with E-state index in [0.717, 1.165) is 12.2 Å². The lowest BCUT2D eigenvalue weighted by atomic mass is 10.4. The van der Waals surface area contributed by atoms with Crippen LogP contribution in [-0.2, 0) is 24.4 Å². The molecule has 2 aromatic rings. The fraction of sp³-hybridized carbons (Fsp3) is 0.385. The molecule has 0 aliphatic rings. The molecular formula is C13H17N5O3. The highest BCUT2D eigenvalue weighted by Crippen LogP contribution is 2.04. The average molecular weight is 291 g/mol.